The van der Waals surface area contributed by atoms with Gasteiger partial charge in [0.1, 0.15) is 5.82 Å². The maximum atomic E-state index is 14.1. The van der Waals surface area contributed by atoms with Gasteiger partial charge in [0.25, 0.3) is 0 Å². The van der Waals surface area contributed by atoms with Crippen LogP contribution in [0.15, 0.2) is 91.3 Å². The monoisotopic (exact) mass is 577 g/mol. The summed E-state index contributed by atoms with van der Waals surface area (Å²) in [7, 11) is -3.00. The molecule has 1 aliphatic heterocycles. The molecule has 0 N–H and O–H groups in total. The minimum Gasteiger partial charge on any atom is -0.493 e. The van der Waals surface area contributed by atoms with E-state index < -0.39 is 16.5 Å². The number of hydrogen-bond donors (Lipinski definition) is 0. The molecule has 1 aliphatic rings. The van der Waals surface area contributed by atoms with Crippen LogP contribution in [0.25, 0.3) is 11.1 Å². The Morgan fingerprint density at radius 1 is 1.00 bits per heavy atom. The van der Waals surface area contributed by atoms with Gasteiger partial charge >= 0.3 is 10.2 Å². The molecule has 1 amide bonds. The molecular formula is C30H28FN3O6S. The topological polar surface area (TPSA) is 98.3 Å². The molecule has 41 heavy (non-hydrogen) atoms. The maximum Gasteiger partial charge on any atom is 0.333 e. The summed E-state index contributed by atoms with van der Waals surface area (Å²) < 4.78 is 60.3. The van der Waals surface area contributed by atoms with E-state index >= 15 is 0 Å². The molecule has 3 aromatic carbocycles. The molecule has 0 aliphatic carbocycles. The Balaban J connectivity index is 1.52. The molecule has 5 rings (SSSR count). The van der Waals surface area contributed by atoms with Gasteiger partial charge in [0.05, 0.1) is 31.6 Å². The zero-order chi connectivity index (χ0) is 28.8. The number of halogens is 1. The minimum absolute atomic E-state index is 0.0629. The number of aromatic nitrogens is 1. The van der Waals surface area contributed by atoms with Gasteiger partial charge in [-0.3, -0.25) is 9.78 Å². The predicted molar refractivity (Wildman–Crippen MR) is 152 cm³/mol. The van der Waals surface area contributed by atoms with E-state index in [0.717, 1.165) is 21.9 Å². The van der Waals surface area contributed by atoms with Crippen LogP contribution in [0, 0.1) is 5.82 Å². The van der Waals surface area contributed by atoms with Crippen molar-refractivity contribution in [2.45, 2.75) is 25.7 Å². The molecule has 1 aromatic heterocycles. The molecule has 9 nitrogen and oxygen atoms in total. The Morgan fingerprint density at radius 2 is 1.71 bits per heavy atom. The molecule has 1 fully saturated rings. The fourth-order valence-electron chi connectivity index (χ4n) is 4.46. The van der Waals surface area contributed by atoms with Crippen molar-refractivity contribution in [3.05, 3.63) is 103 Å². The lowest BCUT2D eigenvalue weighted by molar-refractivity contribution is -0.106. The minimum atomic E-state index is -4.47. The average Bonchev–Trinajstić information content (AvgIpc) is 3.50. The Bertz CT molecular complexity index is 1580. The zero-order valence-electron chi connectivity index (χ0n) is 22.2. The van der Waals surface area contributed by atoms with Gasteiger partial charge in [-0.05, 0) is 65.6 Å². The lowest BCUT2D eigenvalue weighted by atomic mass is 10.1. The van der Waals surface area contributed by atoms with E-state index in [0.29, 0.717) is 34.3 Å². The van der Waals surface area contributed by atoms with E-state index in [1.165, 1.54) is 37.4 Å². The second-order valence-electron chi connectivity index (χ2n) is 9.23. The van der Waals surface area contributed by atoms with Crippen molar-refractivity contribution in [2.24, 2.45) is 0 Å². The van der Waals surface area contributed by atoms with Crippen molar-refractivity contribution < 1.29 is 31.8 Å². The van der Waals surface area contributed by atoms with Crippen molar-refractivity contribution >= 4 is 28.0 Å². The number of carbonyl (C=O) groups is 1. The van der Waals surface area contributed by atoms with Crippen LogP contribution in [0.2, 0.25) is 0 Å². The van der Waals surface area contributed by atoms with Crippen LogP contribution in [0.4, 0.5) is 15.8 Å². The first-order chi connectivity index (χ1) is 19.9. The largest absolute Gasteiger partial charge is 0.493 e. The molecule has 1 saturated heterocycles. The smallest absolute Gasteiger partial charge is 0.333 e. The lowest BCUT2D eigenvalue weighted by Crippen LogP contribution is -2.43. The fraction of sp³-hybridized carbons (Fsp3) is 0.200. The number of pyridine rings is 1. The summed E-state index contributed by atoms with van der Waals surface area (Å²) in [5, 5.41) is 0. The third-order valence-electron chi connectivity index (χ3n) is 6.55. The molecule has 4 aromatic rings. The van der Waals surface area contributed by atoms with Crippen LogP contribution in [0.3, 0.4) is 0 Å². The van der Waals surface area contributed by atoms with Gasteiger partial charge < -0.3 is 14.2 Å². The van der Waals surface area contributed by atoms with E-state index in [4.69, 9.17) is 14.2 Å². The predicted octanol–water partition coefficient (Wildman–Crippen LogP) is 5.33. The Labute approximate surface area is 237 Å². The second kappa shape index (κ2) is 12.4. The van der Waals surface area contributed by atoms with Gasteiger partial charge in [-0.2, -0.15) is 12.7 Å². The van der Waals surface area contributed by atoms with Gasteiger partial charge in [0.15, 0.2) is 17.8 Å². The number of anilines is 2. The first-order valence-electron chi connectivity index (χ1n) is 12.9. The van der Waals surface area contributed by atoms with Crippen LogP contribution >= 0.6 is 0 Å². The van der Waals surface area contributed by atoms with Crippen molar-refractivity contribution in [3.8, 4) is 22.6 Å². The van der Waals surface area contributed by atoms with E-state index in [1.807, 2.05) is 0 Å². The quantitative estimate of drug-likeness (QED) is 0.222. The summed E-state index contributed by atoms with van der Waals surface area (Å²) in [5.41, 5.74) is 2.53. The van der Waals surface area contributed by atoms with E-state index in [9.17, 15) is 17.6 Å². The van der Waals surface area contributed by atoms with Crippen molar-refractivity contribution in [1.29, 1.82) is 0 Å². The van der Waals surface area contributed by atoms with Crippen LogP contribution in [0.5, 0.6) is 11.5 Å². The number of nitrogens with zero attached hydrogens (tertiary/aromatic N) is 3. The third kappa shape index (κ3) is 6.31. The molecular weight excluding hydrogens is 549 g/mol. The second-order valence-corrected chi connectivity index (χ2v) is 11.0. The summed E-state index contributed by atoms with van der Waals surface area (Å²) in [6, 6.07) is 20.6. The SMILES string of the molecule is COc1ccc(N(C=O)S(=O)(=O)N(Cc2cccnc2)c2ccc(-c3ccc(F)cc3)cc2)cc1OC1CCCO1. The van der Waals surface area contributed by atoms with E-state index in [-0.39, 0.29) is 30.2 Å². The molecule has 0 radical (unpaired) electrons. The van der Waals surface area contributed by atoms with Gasteiger partial charge in [-0.1, -0.05) is 30.3 Å². The van der Waals surface area contributed by atoms with Crippen LogP contribution in [-0.4, -0.2) is 39.8 Å². The molecule has 0 bridgehead atoms. The normalized spacial score (nSPS) is 14.8. The van der Waals surface area contributed by atoms with Gasteiger partial charge in [-0.25, -0.2) is 8.70 Å². The van der Waals surface area contributed by atoms with Crippen LogP contribution in [0.1, 0.15) is 18.4 Å². The number of rotatable bonds is 11. The summed E-state index contributed by atoms with van der Waals surface area (Å²) >= 11 is 0. The third-order valence-corrected chi connectivity index (χ3v) is 8.24. The highest BCUT2D eigenvalue weighted by Crippen LogP contribution is 2.36. The van der Waals surface area contributed by atoms with Crippen LogP contribution in [-0.2, 0) is 26.3 Å². The molecule has 11 heteroatoms. The molecule has 1 unspecified atom stereocenters. The highest BCUT2D eigenvalue weighted by molar-refractivity contribution is 7.94. The number of amides is 1. The maximum absolute atomic E-state index is 14.1. The highest BCUT2D eigenvalue weighted by Gasteiger charge is 2.32. The first kappa shape index (κ1) is 28.1. The van der Waals surface area contributed by atoms with E-state index in [1.54, 1.807) is 60.9 Å². The lowest BCUT2D eigenvalue weighted by Gasteiger charge is -2.30. The number of benzene rings is 3. The van der Waals surface area contributed by atoms with Crippen molar-refractivity contribution in [2.75, 3.05) is 22.3 Å². The van der Waals surface area contributed by atoms with Crippen LogP contribution < -0.4 is 18.1 Å². The molecule has 0 saturated carbocycles. The molecule has 2 heterocycles. The number of methoxy groups -OCH3 is 1. The summed E-state index contributed by atoms with van der Waals surface area (Å²) in [4.78, 5) is 16.5. The summed E-state index contributed by atoms with van der Waals surface area (Å²) in [6.07, 6.45) is 4.41. The highest BCUT2D eigenvalue weighted by atomic mass is 32.2. The summed E-state index contributed by atoms with van der Waals surface area (Å²) in [6.45, 7) is 0.469. The standard InChI is InChI=1S/C30H28FN3O6S/c1-38-28-15-14-27(18-29(28)40-30-5-3-17-39-30)34(21-35)41(36,37)33(20-22-4-2-16-32-19-22)26-12-8-24(9-13-26)23-6-10-25(31)11-7-23/h2,4,6-16,18-19,21,30H,3,5,17,20H2,1H3. The van der Waals surface area contributed by atoms with Gasteiger partial charge in [0.2, 0.25) is 6.41 Å². The van der Waals surface area contributed by atoms with Crippen molar-refractivity contribution in [1.82, 2.24) is 4.98 Å². The first-order valence-corrected chi connectivity index (χ1v) is 14.3. The Hall–Kier alpha value is -4.48. The Morgan fingerprint density at radius 3 is 2.32 bits per heavy atom. The average molecular weight is 578 g/mol. The Kier molecular flexibility index (Phi) is 8.46. The number of hydrogen-bond acceptors (Lipinski definition) is 7. The molecule has 0 spiro atoms. The summed E-state index contributed by atoms with van der Waals surface area (Å²) in [5.74, 6) is 0.272. The number of carbonyl (C=O) groups excluding carboxylic acids is 1. The number of ether oxygens (including phenoxy) is 3. The van der Waals surface area contributed by atoms with Gasteiger partial charge in [0, 0.05) is 24.9 Å². The fourth-order valence-corrected chi connectivity index (χ4v) is 5.86. The van der Waals surface area contributed by atoms with E-state index in [2.05, 4.69) is 4.98 Å². The molecule has 1 atom stereocenters. The van der Waals surface area contributed by atoms with Crippen molar-refractivity contribution in [3.63, 3.8) is 0 Å². The molecule has 212 valence electrons. The zero-order valence-corrected chi connectivity index (χ0v) is 23.0. The van der Waals surface area contributed by atoms with Gasteiger partial charge in [-0.15, -0.1) is 0 Å².